The molecule has 0 radical (unpaired) electrons. The molecule has 0 N–H and O–H groups in total. The fourth-order valence-electron chi connectivity index (χ4n) is 4.07. The molecule has 1 aliphatic carbocycles. The summed E-state index contributed by atoms with van der Waals surface area (Å²) in [4.78, 5) is 41.4. The predicted molar refractivity (Wildman–Crippen MR) is 112 cm³/mol. The van der Waals surface area contributed by atoms with Crippen molar-refractivity contribution in [1.29, 1.82) is 0 Å². The van der Waals surface area contributed by atoms with Crippen LogP contribution in [-0.2, 0) is 14.4 Å². The molecule has 0 aromatic heterocycles. The molecule has 3 rings (SSSR count). The number of carbonyl (C=O) groups excluding carboxylic acids is 3. The summed E-state index contributed by atoms with van der Waals surface area (Å²) in [7, 11) is 1.57. The number of allylic oxidation sites excluding steroid dienone is 1. The van der Waals surface area contributed by atoms with Gasteiger partial charge in [-0.1, -0.05) is 18.6 Å². The van der Waals surface area contributed by atoms with Crippen LogP contribution in [0.15, 0.2) is 35.9 Å². The number of carbonyl (C=O) groups is 3. The molecular weight excluding hydrogens is 368 g/mol. The van der Waals surface area contributed by atoms with Gasteiger partial charge in [0.15, 0.2) is 0 Å². The van der Waals surface area contributed by atoms with Crippen LogP contribution in [0.25, 0.3) is 0 Å². The van der Waals surface area contributed by atoms with Crippen molar-refractivity contribution in [2.75, 3.05) is 18.6 Å². The second-order valence-electron chi connectivity index (χ2n) is 7.68. The topological polar surface area (TPSA) is 66.9 Å². The molecule has 1 heterocycles. The highest BCUT2D eigenvalue weighted by Gasteiger charge is 2.44. The third-order valence-electron chi connectivity index (χ3n) is 5.67. The van der Waals surface area contributed by atoms with E-state index >= 15 is 0 Å². The first-order chi connectivity index (χ1) is 14.0. The largest absolute Gasteiger partial charge is 0.497 e. The first-order valence-corrected chi connectivity index (χ1v) is 10.5. The van der Waals surface area contributed by atoms with E-state index in [2.05, 4.69) is 6.08 Å². The molecule has 6 nitrogen and oxygen atoms in total. The monoisotopic (exact) mass is 398 g/mol. The molecule has 2 aliphatic rings. The molecule has 1 aromatic rings. The average molecular weight is 399 g/mol. The summed E-state index contributed by atoms with van der Waals surface area (Å²) in [5.74, 6) is 0.0233. The van der Waals surface area contributed by atoms with E-state index in [0.29, 0.717) is 24.4 Å². The van der Waals surface area contributed by atoms with E-state index in [9.17, 15) is 14.4 Å². The number of hydrogen-bond acceptors (Lipinski definition) is 4. The van der Waals surface area contributed by atoms with Gasteiger partial charge in [-0.2, -0.15) is 0 Å². The van der Waals surface area contributed by atoms with Crippen molar-refractivity contribution in [1.82, 2.24) is 4.90 Å². The lowest BCUT2D eigenvalue weighted by Crippen LogP contribution is -2.46. The van der Waals surface area contributed by atoms with Crippen LogP contribution in [-0.4, -0.2) is 42.3 Å². The first kappa shape index (κ1) is 21.1. The van der Waals surface area contributed by atoms with Gasteiger partial charge in [-0.25, -0.2) is 4.90 Å². The summed E-state index contributed by atoms with van der Waals surface area (Å²) in [6.07, 6.45) is 8.73. The molecule has 3 amide bonds. The first-order valence-electron chi connectivity index (χ1n) is 10.5. The smallest absolute Gasteiger partial charge is 0.257 e. The summed E-state index contributed by atoms with van der Waals surface area (Å²) in [6.45, 7) is 2.44. The second-order valence-corrected chi connectivity index (χ2v) is 7.68. The minimum Gasteiger partial charge on any atom is -0.497 e. The number of imide groups is 1. The van der Waals surface area contributed by atoms with Gasteiger partial charge in [-0.3, -0.25) is 14.4 Å². The lowest BCUT2D eigenvalue weighted by molar-refractivity contribution is -0.138. The van der Waals surface area contributed by atoms with Crippen molar-refractivity contribution in [3.05, 3.63) is 35.9 Å². The summed E-state index contributed by atoms with van der Waals surface area (Å²) in [6, 6.07) is 6.12. The number of benzene rings is 1. The summed E-state index contributed by atoms with van der Waals surface area (Å²) in [5.41, 5.74) is 1.87. The molecule has 156 valence electrons. The molecule has 1 aliphatic heterocycles. The van der Waals surface area contributed by atoms with Crippen LogP contribution in [0.3, 0.4) is 0 Å². The maximum absolute atomic E-state index is 13.1. The molecule has 1 fully saturated rings. The Morgan fingerprint density at radius 2 is 1.97 bits per heavy atom. The van der Waals surface area contributed by atoms with E-state index in [4.69, 9.17) is 4.74 Å². The van der Waals surface area contributed by atoms with Crippen molar-refractivity contribution in [3.63, 3.8) is 0 Å². The predicted octanol–water partition coefficient (Wildman–Crippen LogP) is 3.85. The Morgan fingerprint density at radius 1 is 1.21 bits per heavy atom. The summed E-state index contributed by atoms with van der Waals surface area (Å²) in [5, 5.41) is 0. The van der Waals surface area contributed by atoms with Gasteiger partial charge in [0.25, 0.3) is 5.91 Å². The van der Waals surface area contributed by atoms with Crippen molar-refractivity contribution in [2.45, 2.75) is 64.3 Å². The van der Waals surface area contributed by atoms with Crippen LogP contribution in [0.2, 0.25) is 0 Å². The normalized spacial score (nSPS) is 19.3. The van der Waals surface area contributed by atoms with Gasteiger partial charge >= 0.3 is 0 Å². The van der Waals surface area contributed by atoms with Gasteiger partial charge in [0.2, 0.25) is 11.8 Å². The van der Waals surface area contributed by atoms with Gasteiger partial charge in [-0.05, 0) is 62.8 Å². The lowest BCUT2D eigenvalue weighted by Gasteiger charge is -2.28. The molecule has 0 bridgehead atoms. The van der Waals surface area contributed by atoms with Crippen LogP contribution in [0, 0.1) is 0 Å². The zero-order valence-electron chi connectivity index (χ0n) is 17.4. The zero-order valence-corrected chi connectivity index (χ0v) is 17.4. The van der Waals surface area contributed by atoms with Crippen LogP contribution >= 0.6 is 0 Å². The Labute approximate surface area is 172 Å². The van der Waals surface area contributed by atoms with Gasteiger partial charge < -0.3 is 9.64 Å². The van der Waals surface area contributed by atoms with Crippen LogP contribution in [0.5, 0.6) is 5.75 Å². The highest BCUT2D eigenvalue weighted by Crippen LogP contribution is 2.29. The average Bonchev–Trinajstić information content (AvgIpc) is 3.03. The molecule has 0 saturated carbocycles. The molecule has 1 unspecified atom stereocenters. The Bertz CT molecular complexity index is 785. The second kappa shape index (κ2) is 9.72. The van der Waals surface area contributed by atoms with E-state index in [1.165, 1.54) is 23.3 Å². The molecule has 6 heteroatoms. The van der Waals surface area contributed by atoms with Gasteiger partial charge in [-0.15, -0.1) is 0 Å². The summed E-state index contributed by atoms with van der Waals surface area (Å²) >= 11 is 0. The third kappa shape index (κ3) is 4.86. The minimum atomic E-state index is -0.715. The Kier molecular flexibility index (Phi) is 7.07. The Hall–Kier alpha value is -2.63. The number of rotatable bonds is 8. The molecular formula is C23H30N2O4. The fraction of sp³-hybridized carbons (Fsp3) is 0.522. The molecule has 1 atom stereocenters. The van der Waals surface area contributed by atoms with Crippen LogP contribution < -0.4 is 9.64 Å². The third-order valence-corrected chi connectivity index (χ3v) is 5.67. The molecule has 29 heavy (non-hydrogen) atoms. The highest BCUT2D eigenvalue weighted by molar-refractivity contribution is 6.23. The number of methoxy groups -OCH3 is 1. The number of ether oxygens (including phenoxy) is 1. The molecule has 1 aromatic carbocycles. The summed E-state index contributed by atoms with van der Waals surface area (Å²) < 4.78 is 5.15. The number of anilines is 1. The van der Waals surface area contributed by atoms with E-state index in [0.717, 1.165) is 25.7 Å². The van der Waals surface area contributed by atoms with E-state index in [-0.39, 0.29) is 24.1 Å². The van der Waals surface area contributed by atoms with Gasteiger partial charge in [0.05, 0.1) is 19.2 Å². The van der Waals surface area contributed by atoms with Crippen LogP contribution in [0.4, 0.5) is 5.69 Å². The van der Waals surface area contributed by atoms with E-state index < -0.39 is 6.04 Å². The van der Waals surface area contributed by atoms with Crippen molar-refractivity contribution in [2.24, 2.45) is 0 Å². The number of amides is 3. The van der Waals surface area contributed by atoms with Gasteiger partial charge in [0, 0.05) is 13.0 Å². The van der Waals surface area contributed by atoms with Crippen molar-refractivity contribution in [3.8, 4) is 5.75 Å². The molecule has 0 spiro atoms. The van der Waals surface area contributed by atoms with Crippen molar-refractivity contribution >= 4 is 23.4 Å². The SMILES string of the molecule is CCCC(=O)N(CCC1=CCCCC1)C1CC(=O)N(c2ccc(OC)cc2)C1=O. The number of nitrogens with zero attached hydrogens (tertiary/aromatic N) is 2. The van der Waals surface area contributed by atoms with E-state index in [1.807, 2.05) is 6.92 Å². The fourth-order valence-corrected chi connectivity index (χ4v) is 4.07. The maximum Gasteiger partial charge on any atom is 0.257 e. The lowest BCUT2D eigenvalue weighted by atomic mass is 9.97. The number of hydrogen-bond donors (Lipinski definition) is 0. The Morgan fingerprint density at radius 3 is 2.59 bits per heavy atom. The maximum atomic E-state index is 13.1. The molecule has 1 saturated heterocycles. The zero-order chi connectivity index (χ0) is 20.8. The van der Waals surface area contributed by atoms with Crippen LogP contribution in [0.1, 0.15) is 58.3 Å². The van der Waals surface area contributed by atoms with Gasteiger partial charge in [0.1, 0.15) is 11.8 Å². The standard InChI is InChI=1S/C23H30N2O4/c1-3-7-21(26)24(15-14-17-8-5-4-6-9-17)20-16-22(27)25(23(20)28)18-10-12-19(29-2)13-11-18/h8,10-13,20H,3-7,9,14-16H2,1-2H3. The van der Waals surface area contributed by atoms with E-state index in [1.54, 1.807) is 36.3 Å². The van der Waals surface area contributed by atoms with Crippen molar-refractivity contribution < 1.29 is 19.1 Å². The minimum absolute atomic E-state index is 0.0410. The Balaban J connectivity index is 1.77. The highest BCUT2D eigenvalue weighted by atomic mass is 16.5. The quantitative estimate of drug-likeness (QED) is 0.493.